The molecule has 2 rings (SSSR count). The zero-order valence-corrected chi connectivity index (χ0v) is 9.92. The van der Waals surface area contributed by atoms with Crippen LogP contribution in [0.15, 0.2) is 36.7 Å². The van der Waals surface area contributed by atoms with Gasteiger partial charge in [0.05, 0.1) is 24.9 Å². The lowest BCUT2D eigenvalue weighted by molar-refractivity contribution is 0.416. The molecule has 0 radical (unpaired) electrons. The summed E-state index contributed by atoms with van der Waals surface area (Å²) >= 11 is 0. The van der Waals surface area contributed by atoms with E-state index in [0.717, 1.165) is 0 Å². The first-order valence-electron chi connectivity index (χ1n) is 5.42. The molecule has 90 valence electrons. The summed E-state index contributed by atoms with van der Waals surface area (Å²) in [7, 11) is 1.57. The largest absolute Gasteiger partial charge is 0.495 e. The van der Waals surface area contributed by atoms with Crippen molar-refractivity contribution in [1.82, 2.24) is 9.97 Å². The number of hydrogen-bond acceptors (Lipinski definition) is 5. The molecule has 18 heavy (non-hydrogen) atoms. The molecule has 0 aliphatic heterocycles. The van der Waals surface area contributed by atoms with E-state index in [1.807, 2.05) is 0 Å². The van der Waals surface area contributed by atoms with Crippen LogP contribution in [0.4, 0.5) is 5.69 Å². The van der Waals surface area contributed by atoms with E-state index < -0.39 is 0 Å². The molecule has 0 aliphatic carbocycles. The van der Waals surface area contributed by atoms with Crippen molar-refractivity contribution in [2.75, 3.05) is 12.4 Å². The average Bonchev–Trinajstić information content (AvgIpc) is 2.45. The van der Waals surface area contributed by atoms with Gasteiger partial charge >= 0.3 is 0 Å². The Morgan fingerprint density at radius 3 is 2.72 bits per heavy atom. The van der Waals surface area contributed by atoms with Crippen molar-refractivity contribution in [3.8, 4) is 11.8 Å². The van der Waals surface area contributed by atoms with E-state index in [0.29, 0.717) is 29.4 Å². The molecular weight excluding hydrogens is 228 g/mol. The normalized spacial score (nSPS) is 9.56. The van der Waals surface area contributed by atoms with Crippen LogP contribution in [0.3, 0.4) is 0 Å². The Hall–Kier alpha value is -2.61. The smallest absolute Gasteiger partial charge is 0.147 e. The number of ether oxygens (including phenoxy) is 1. The third-order valence-electron chi connectivity index (χ3n) is 2.41. The van der Waals surface area contributed by atoms with Crippen LogP contribution < -0.4 is 10.1 Å². The molecule has 0 saturated heterocycles. The fourth-order valence-electron chi connectivity index (χ4n) is 1.57. The summed E-state index contributed by atoms with van der Waals surface area (Å²) in [5, 5.41) is 12.2. The van der Waals surface area contributed by atoms with E-state index in [-0.39, 0.29) is 0 Å². The van der Waals surface area contributed by atoms with E-state index in [4.69, 9.17) is 10.00 Å². The van der Waals surface area contributed by atoms with Gasteiger partial charge in [-0.3, -0.25) is 0 Å². The molecular formula is C13H12N4O. The molecule has 0 fully saturated rings. The van der Waals surface area contributed by atoms with Crippen LogP contribution in [0.5, 0.6) is 5.75 Å². The second kappa shape index (κ2) is 5.64. The van der Waals surface area contributed by atoms with Gasteiger partial charge in [0.15, 0.2) is 0 Å². The molecule has 2 aromatic rings. The quantitative estimate of drug-likeness (QED) is 0.884. The SMILES string of the molecule is COc1cccc(C#N)c1NCc1ncccn1. The molecule has 1 aromatic heterocycles. The number of rotatable bonds is 4. The highest BCUT2D eigenvalue weighted by Gasteiger charge is 2.08. The first kappa shape index (κ1) is 11.9. The zero-order valence-electron chi connectivity index (χ0n) is 9.92. The van der Waals surface area contributed by atoms with Gasteiger partial charge in [-0.2, -0.15) is 5.26 Å². The number of nitrogens with one attached hydrogen (secondary N) is 1. The van der Waals surface area contributed by atoms with Crippen LogP contribution in [-0.4, -0.2) is 17.1 Å². The van der Waals surface area contributed by atoms with Gasteiger partial charge in [-0.15, -0.1) is 0 Å². The predicted molar refractivity (Wildman–Crippen MR) is 67.1 cm³/mol. The first-order valence-corrected chi connectivity index (χ1v) is 5.42. The Morgan fingerprint density at radius 1 is 1.28 bits per heavy atom. The summed E-state index contributed by atoms with van der Waals surface area (Å²) in [5.74, 6) is 1.29. The number of para-hydroxylation sites is 1. The Morgan fingerprint density at radius 2 is 2.06 bits per heavy atom. The molecule has 1 N–H and O–H groups in total. The van der Waals surface area contributed by atoms with Gasteiger partial charge in [0.2, 0.25) is 0 Å². The third kappa shape index (κ3) is 2.55. The maximum absolute atomic E-state index is 9.06. The summed E-state index contributed by atoms with van der Waals surface area (Å²) in [6.07, 6.45) is 3.36. The minimum absolute atomic E-state index is 0.440. The van der Waals surface area contributed by atoms with E-state index in [1.54, 1.807) is 43.8 Å². The van der Waals surface area contributed by atoms with Crippen LogP contribution >= 0.6 is 0 Å². The predicted octanol–water partition coefficient (Wildman–Crippen LogP) is 1.97. The average molecular weight is 240 g/mol. The number of aromatic nitrogens is 2. The van der Waals surface area contributed by atoms with Gasteiger partial charge < -0.3 is 10.1 Å². The molecule has 0 atom stereocenters. The summed E-state index contributed by atoms with van der Waals surface area (Å²) < 4.78 is 5.22. The van der Waals surface area contributed by atoms with Crippen molar-refractivity contribution in [2.45, 2.75) is 6.54 Å². The summed E-state index contributed by atoms with van der Waals surface area (Å²) in [5.41, 5.74) is 1.19. The minimum atomic E-state index is 0.440. The van der Waals surface area contributed by atoms with Crippen LogP contribution in [0, 0.1) is 11.3 Å². The van der Waals surface area contributed by atoms with Gasteiger partial charge in [-0.25, -0.2) is 9.97 Å². The fraction of sp³-hybridized carbons (Fsp3) is 0.154. The molecule has 5 heteroatoms. The van der Waals surface area contributed by atoms with E-state index >= 15 is 0 Å². The van der Waals surface area contributed by atoms with Gasteiger partial charge in [-0.1, -0.05) is 6.07 Å². The Balaban J connectivity index is 2.21. The number of hydrogen-bond donors (Lipinski definition) is 1. The summed E-state index contributed by atoms with van der Waals surface area (Å²) in [4.78, 5) is 8.21. The standard InChI is InChI=1S/C13H12N4O/c1-18-11-5-2-4-10(8-14)13(11)17-9-12-15-6-3-7-16-12/h2-7,17H,9H2,1H3. The summed E-state index contributed by atoms with van der Waals surface area (Å²) in [6.45, 7) is 0.440. The molecule has 0 aliphatic rings. The van der Waals surface area contributed by atoms with Crippen LogP contribution in [0.25, 0.3) is 0 Å². The van der Waals surface area contributed by atoms with E-state index in [1.165, 1.54) is 0 Å². The highest BCUT2D eigenvalue weighted by molar-refractivity contribution is 5.66. The second-order valence-electron chi connectivity index (χ2n) is 3.51. The van der Waals surface area contributed by atoms with Crippen LogP contribution in [0.1, 0.15) is 11.4 Å². The number of methoxy groups -OCH3 is 1. The first-order chi connectivity index (χ1) is 8.85. The third-order valence-corrected chi connectivity index (χ3v) is 2.41. The molecule has 0 unspecified atom stereocenters. The monoisotopic (exact) mass is 240 g/mol. The maximum Gasteiger partial charge on any atom is 0.147 e. The van der Waals surface area contributed by atoms with Gasteiger partial charge in [0, 0.05) is 12.4 Å². The van der Waals surface area contributed by atoms with Crippen LogP contribution in [0.2, 0.25) is 0 Å². The van der Waals surface area contributed by atoms with Crippen molar-refractivity contribution in [1.29, 1.82) is 5.26 Å². The lowest BCUT2D eigenvalue weighted by Crippen LogP contribution is -2.06. The number of benzene rings is 1. The van der Waals surface area contributed by atoms with Crippen molar-refractivity contribution in [2.24, 2.45) is 0 Å². The lowest BCUT2D eigenvalue weighted by atomic mass is 10.2. The highest BCUT2D eigenvalue weighted by Crippen LogP contribution is 2.27. The molecule has 0 amide bonds. The molecule has 0 saturated carbocycles. The molecule has 5 nitrogen and oxygen atoms in total. The van der Waals surface area contributed by atoms with Crippen molar-refractivity contribution >= 4 is 5.69 Å². The Labute approximate surface area is 105 Å². The highest BCUT2D eigenvalue weighted by atomic mass is 16.5. The van der Waals surface area contributed by atoms with Crippen molar-refractivity contribution < 1.29 is 4.74 Å². The van der Waals surface area contributed by atoms with Crippen molar-refractivity contribution in [3.05, 3.63) is 48.0 Å². The van der Waals surface area contributed by atoms with E-state index in [2.05, 4.69) is 21.4 Å². The Kier molecular flexibility index (Phi) is 3.72. The minimum Gasteiger partial charge on any atom is -0.495 e. The molecule has 0 bridgehead atoms. The molecule has 0 spiro atoms. The van der Waals surface area contributed by atoms with Crippen LogP contribution in [-0.2, 0) is 6.54 Å². The van der Waals surface area contributed by atoms with Crippen molar-refractivity contribution in [3.63, 3.8) is 0 Å². The Bertz CT molecular complexity index is 563. The topological polar surface area (TPSA) is 70.8 Å². The van der Waals surface area contributed by atoms with Gasteiger partial charge in [0.1, 0.15) is 17.6 Å². The number of anilines is 1. The lowest BCUT2D eigenvalue weighted by Gasteiger charge is -2.11. The maximum atomic E-state index is 9.06. The fourth-order valence-corrected chi connectivity index (χ4v) is 1.57. The number of nitriles is 1. The summed E-state index contributed by atoms with van der Waals surface area (Å²) in [6, 6.07) is 9.19. The second-order valence-corrected chi connectivity index (χ2v) is 3.51. The van der Waals surface area contributed by atoms with Gasteiger partial charge in [0.25, 0.3) is 0 Å². The molecule has 1 aromatic carbocycles. The number of nitrogens with zero attached hydrogens (tertiary/aromatic N) is 3. The molecule has 1 heterocycles. The zero-order chi connectivity index (χ0) is 12.8. The van der Waals surface area contributed by atoms with E-state index in [9.17, 15) is 0 Å². The van der Waals surface area contributed by atoms with Gasteiger partial charge in [-0.05, 0) is 18.2 Å².